The number of halogens is 3. The van der Waals surface area contributed by atoms with Crippen LogP contribution in [0, 0.1) is 0 Å². The molecule has 0 amide bonds. The van der Waals surface area contributed by atoms with Gasteiger partial charge in [-0.25, -0.2) is 13.1 Å². The summed E-state index contributed by atoms with van der Waals surface area (Å²) in [7, 11) is -1.24. The van der Waals surface area contributed by atoms with Crippen molar-refractivity contribution >= 4 is 10.0 Å². The first-order valence-electron chi connectivity index (χ1n) is 7.21. The third-order valence-corrected chi connectivity index (χ3v) is 4.72. The topological polar surface area (TPSA) is 73.9 Å². The molecule has 0 unspecified atom stereocenters. The lowest BCUT2D eigenvalue weighted by Crippen LogP contribution is -2.24. The minimum atomic E-state index is -4.88. The first kappa shape index (κ1) is 19.9. The monoisotopic (exact) mass is 391 g/mol. The summed E-state index contributed by atoms with van der Waals surface area (Å²) in [5.41, 5.74) is 0.0360. The van der Waals surface area contributed by atoms with Gasteiger partial charge in [0.25, 0.3) is 0 Å². The van der Waals surface area contributed by atoms with Crippen molar-refractivity contribution in [1.29, 1.82) is 0 Å². The highest BCUT2D eigenvalue weighted by molar-refractivity contribution is 7.89. The average molecular weight is 391 g/mol. The zero-order valence-corrected chi connectivity index (χ0v) is 14.6. The SMILES string of the molecule is COc1ccc(S(=O)(=O)NCc2ccccc2OC(F)(F)F)cc1OC. The Morgan fingerprint density at radius 2 is 1.62 bits per heavy atom. The molecule has 0 radical (unpaired) electrons. The van der Waals surface area contributed by atoms with E-state index in [1.165, 1.54) is 50.6 Å². The standard InChI is InChI=1S/C16H16F3NO5S/c1-23-14-8-7-12(9-15(14)24-2)26(21,22)20-10-11-5-3-4-6-13(11)25-16(17,18)19/h3-9,20H,10H2,1-2H3. The lowest BCUT2D eigenvalue weighted by molar-refractivity contribution is -0.274. The molecule has 0 atom stereocenters. The summed E-state index contributed by atoms with van der Waals surface area (Å²) in [6.07, 6.45) is -4.88. The molecule has 2 aromatic rings. The average Bonchev–Trinajstić information content (AvgIpc) is 2.59. The molecule has 10 heteroatoms. The number of rotatable bonds is 7. The number of para-hydroxylation sites is 1. The van der Waals surface area contributed by atoms with Crippen LogP contribution in [0.25, 0.3) is 0 Å². The highest BCUT2D eigenvalue weighted by Gasteiger charge is 2.32. The molecule has 0 saturated carbocycles. The molecule has 1 N–H and O–H groups in total. The van der Waals surface area contributed by atoms with Gasteiger partial charge in [-0.3, -0.25) is 0 Å². The van der Waals surface area contributed by atoms with E-state index in [0.29, 0.717) is 5.75 Å². The van der Waals surface area contributed by atoms with E-state index in [0.717, 1.165) is 6.07 Å². The molecule has 0 bridgehead atoms. The number of nitrogens with one attached hydrogen (secondary N) is 1. The Kier molecular flexibility index (Phi) is 5.98. The zero-order valence-electron chi connectivity index (χ0n) is 13.8. The van der Waals surface area contributed by atoms with Gasteiger partial charge in [0.15, 0.2) is 11.5 Å². The highest BCUT2D eigenvalue weighted by Crippen LogP contribution is 2.30. The van der Waals surface area contributed by atoms with Gasteiger partial charge in [0, 0.05) is 18.2 Å². The van der Waals surface area contributed by atoms with Gasteiger partial charge < -0.3 is 14.2 Å². The Bertz CT molecular complexity index is 868. The fourth-order valence-corrected chi connectivity index (χ4v) is 3.14. The van der Waals surface area contributed by atoms with E-state index in [1.54, 1.807) is 0 Å². The number of hydrogen-bond donors (Lipinski definition) is 1. The van der Waals surface area contributed by atoms with Gasteiger partial charge in [0.1, 0.15) is 5.75 Å². The third kappa shape index (κ3) is 5.02. The number of ether oxygens (including phenoxy) is 3. The maximum absolute atomic E-state index is 12.4. The molecule has 2 aromatic carbocycles. The largest absolute Gasteiger partial charge is 0.573 e. The summed E-state index contributed by atoms with van der Waals surface area (Å²) in [6, 6.07) is 9.22. The Morgan fingerprint density at radius 3 is 2.23 bits per heavy atom. The highest BCUT2D eigenvalue weighted by atomic mass is 32.2. The minimum Gasteiger partial charge on any atom is -0.493 e. The van der Waals surface area contributed by atoms with Gasteiger partial charge in [-0.2, -0.15) is 0 Å². The lowest BCUT2D eigenvalue weighted by atomic mass is 10.2. The summed E-state index contributed by atoms with van der Waals surface area (Å²) < 4.78 is 78.3. The fraction of sp³-hybridized carbons (Fsp3) is 0.250. The summed E-state index contributed by atoms with van der Waals surface area (Å²) in [5.74, 6) is 0.0709. The first-order chi connectivity index (χ1) is 12.2. The molecule has 6 nitrogen and oxygen atoms in total. The van der Waals surface area contributed by atoms with Crippen molar-refractivity contribution in [2.45, 2.75) is 17.8 Å². The van der Waals surface area contributed by atoms with Crippen LogP contribution in [-0.4, -0.2) is 29.0 Å². The second kappa shape index (κ2) is 7.83. The molecule has 0 spiro atoms. The van der Waals surface area contributed by atoms with E-state index in [-0.39, 0.29) is 22.8 Å². The van der Waals surface area contributed by atoms with E-state index in [2.05, 4.69) is 9.46 Å². The summed E-state index contributed by atoms with van der Waals surface area (Å²) in [6.45, 7) is -0.386. The van der Waals surface area contributed by atoms with Gasteiger partial charge in [0.05, 0.1) is 19.1 Å². The summed E-state index contributed by atoms with van der Waals surface area (Å²) in [5, 5.41) is 0. The fourth-order valence-electron chi connectivity index (χ4n) is 2.11. The number of hydrogen-bond acceptors (Lipinski definition) is 5. The van der Waals surface area contributed by atoms with E-state index < -0.39 is 22.1 Å². The van der Waals surface area contributed by atoms with Crippen molar-refractivity contribution in [3.63, 3.8) is 0 Å². The minimum absolute atomic E-state index is 0.0360. The zero-order chi connectivity index (χ0) is 19.4. The van der Waals surface area contributed by atoms with Crippen LogP contribution < -0.4 is 18.9 Å². The smallest absolute Gasteiger partial charge is 0.493 e. The van der Waals surface area contributed by atoms with Crippen LogP contribution in [0.1, 0.15) is 5.56 Å². The predicted octanol–water partition coefficient (Wildman–Crippen LogP) is 3.08. The van der Waals surface area contributed by atoms with Crippen molar-refractivity contribution in [2.24, 2.45) is 0 Å². The van der Waals surface area contributed by atoms with Crippen molar-refractivity contribution < 1.29 is 35.8 Å². The normalized spacial score (nSPS) is 11.9. The molecule has 0 aromatic heterocycles. The van der Waals surface area contributed by atoms with Crippen LogP contribution in [0.3, 0.4) is 0 Å². The maximum Gasteiger partial charge on any atom is 0.573 e. The van der Waals surface area contributed by atoms with E-state index in [1.807, 2.05) is 0 Å². The van der Waals surface area contributed by atoms with Crippen molar-refractivity contribution in [3.8, 4) is 17.2 Å². The van der Waals surface area contributed by atoms with Crippen LogP contribution in [0.15, 0.2) is 47.4 Å². The van der Waals surface area contributed by atoms with Gasteiger partial charge in [-0.15, -0.1) is 13.2 Å². The number of methoxy groups -OCH3 is 2. The van der Waals surface area contributed by atoms with Crippen molar-refractivity contribution in [2.75, 3.05) is 14.2 Å². The molecule has 0 aliphatic rings. The molecule has 0 fully saturated rings. The van der Waals surface area contributed by atoms with Gasteiger partial charge in [-0.1, -0.05) is 18.2 Å². The van der Waals surface area contributed by atoms with Crippen LogP contribution in [0.5, 0.6) is 17.2 Å². The molecule has 142 valence electrons. The molecule has 0 saturated heterocycles. The second-order valence-corrected chi connectivity index (χ2v) is 6.76. The second-order valence-electron chi connectivity index (χ2n) is 5.00. The third-order valence-electron chi connectivity index (χ3n) is 3.32. The van der Waals surface area contributed by atoms with Crippen LogP contribution in [0.2, 0.25) is 0 Å². The molecule has 2 rings (SSSR count). The maximum atomic E-state index is 12.4. The quantitative estimate of drug-likeness (QED) is 0.785. The number of sulfonamides is 1. The van der Waals surface area contributed by atoms with Crippen molar-refractivity contribution in [1.82, 2.24) is 4.72 Å². The Labute approximate surface area is 148 Å². The van der Waals surface area contributed by atoms with Gasteiger partial charge in [0.2, 0.25) is 10.0 Å². The van der Waals surface area contributed by atoms with E-state index in [4.69, 9.17) is 9.47 Å². The summed E-state index contributed by atoms with van der Waals surface area (Å²) >= 11 is 0. The van der Waals surface area contributed by atoms with Crippen LogP contribution in [-0.2, 0) is 16.6 Å². The lowest BCUT2D eigenvalue weighted by Gasteiger charge is -2.14. The van der Waals surface area contributed by atoms with Crippen molar-refractivity contribution in [3.05, 3.63) is 48.0 Å². The predicted molar refractivity (Wildman–Crippen MR) is 86.7 cm³/mol. The Morgan fingerprint density at radius 1 is 0.962 bits per heavy atom. The molecule has 0 heterocycles. The molecule has 26 heavy (non-hydrogen) atoms. The molecular formula is C16H16F3NO5S. The Hall–Kier alpha value is -2.46. The molecule has 0 aliphatic carbocycles. The molecule has 0 aliphatic heterocycles. The van der Waals surface area contributed by atoms with Gasteiger partial charge in [-0.05, 0) is 18.2 Å². The van der Waals surface area contributed by atoms with Gasteiger partial charge >= 0.3 is 6.36 Å². The van der Waals surface area contributed by atoms with E-state index in [9.17, 15) is 21.6 Å². The Balaban J connectivity index is 2.21. The van der Waals surface area contributed by atoms with Crippen LogP contribution in [0.4, 0.5) is 13.2 Å². The first-order valence-corrected chi connectivity index (χ1v) is 8.70. The summed E-state index contributed by atoms with van der Waals surface area (Å²) in [4.78, 5) is -0.121. The molecular weight excluding hydrogens is 375 g/mol. The number of benzene rings is 2. The number of alkyl halides is 3. The van der Waals surface area contributed by atoms with E-state index >= 15 is 0 Å². The van der Waals surface area contributed by atoms with Crippen LogP contribution >= 0.6 is 0 Å².